The molecule has 3 rings (SSSR count). The van der Waals surface area contributed by atoms with E-state index >= 15 is 0 Å². The van der Waals surface area contributed by atoms with Gasteiger partial charge in [-0.2, -0.15) is 13.2 Å². The number of ether oxygens (including phenoxy) is 1. The molecule has 2 aliphatic rings. The molecule has 1 aromatic rings. The number of halogens is 4. The van der Waals surface area contributed by atoms with Gasteiger partial charge in [0.25, 0.3) is 0 Å². The van der Waals surface area contributed by atoms with Crippen LogP contribution in [0, 0.1) is 0 Å². The average molecular weight is 502 g/mol. The molecular formula is C22H23ClF3N3O3S. The van der Waals surface area contributed by atoms with Gasteiger partial charge < -0.3 is 15.0 Å². The Morgan fingerprint density at radius 1 is 1.30 bits per heavy atom. The number of benzene rings is 1. The highest BCUT2D eigenvalue weighted by Gasteiger charge is 2.49. The minimum atomic E-state index is -4.90. The van der Waals surface area contributed by atoms with Crippen LogP contribution < -0.4 is 5.32 Å². The first kappa shape index (κ1) is 25.2. The highest BCUT2D eigenvalue weighted by molar-refractivity contribution is 8.16. The van der Waals surface area contributed by atoms with Crippen molar-refractivity contribution >= 4 is 40.4 Å². The summed E-state index contributed by atoms with van der Waals surface area (Å²) in [4.78, 5) is 30.6. The van der Waals surface area contributed by atoms with Crippen LogP contribution in [-0.4, -0.2) is 40.8 Å². The van der Waals surface area contributed by atoms with Crippen LogP contribution in [0.15, 0.2) is 51.6 Å². The van der Waals surface area contributed by atoms with Crippen LogP contribution in [-0.2, 0) is 14.3 Å². The van der Waals surface area contributed by atoms with Gasteiger partial charge in [-0.3, -0.25) is 4.79 Å². The third-order valence-electron chi connectivity index (χ3n) is 5.14. The van der Waals surface area contributed by atoms with Crippen LogP contribution in [0.3, 0.4) is 0 Å². The summed E-state index contributed by atoms with van der Waals surface area (Å²) < 4.78 is 47.0. The van der Waals surface area contributed by atoms with E-state index in [2.05, 4.69) is 10.3 Å². The van der Waals surface area contributed by atoms with Crippen molar-refractivity contribution in [2.45, 2.75) is 51.9 Å². The van der Waals surface area contributed by atoms with Gasteiger partial charge >= 0.3 is 12.1 Å². The summed E-state index contributed by atoms with van der Waals surface area (Å²) >= 11 is 7.33. The lowest BCUT2D eigenvalue weighted by Gasteiger charge is -2.37. The maximum atomic E-state index is 14.0. The van der Waals surface area contributed by atoms with E-state index in [-0.39, 0.29) is 40.7 Å². The first-order valence-corrected chi connectivity index (χ1v) is 11.6. The molecule has 11 heteroatoms. The summed E-state index contributed by atoms with van der Waals surface area (Å²) in [5.41, 5.74) is -1.32. The van der Waals surface area contributed by atoms with E-state index in [0.29, 0.717) is 5.70 Å². The topological polar surface area (TPSA) is 71.0 Å². The second-order valence-corrected chi connectivity index (χ2v) is 8.69. The van der Waals surface area contributed by atoms with Crippen LogP contribution in [0.25, 0.3) is 0 Å². The predicted octanol–water partition coefficient (Wildman–Crippen LogP) is 5.33. The van der Waals surface area contributed by atoms with Gasteiger partial charge in [0.2, 0.25) is 5.91 Å². The van der Waals surface area contributed by atoms with Gasteiger partial charge in [-0.1, -0.05) is 48.5 Å². The number of rotatable bonds is 7. The number of aliphatic imine (C=N–C) groups is 1. The van der Waals surface area contributed by atoms with E-state index in [1.807, 2.05) is 13.8 Å². The maximum absolute atomic E-state index is 14.0. The number of nitrogens with one attached hydrogen (secondary N) is 1. The highest BCUT2D eigenvalue weighted by atomic mass is 35.5. The first-order chi connectivity index (χ1) is 15.6. The van der Waals surface area contributed by atoms with Crippen molar-refractivity contribution < 1.29 is 27.5 Å². The van der Waals surface area contributed by atoms with Crippen molar-refractivity contribution in [1.29, 1.82) is 0 Å². The van der Waals surface area contributed by atoms with Crippen molar-refractivity contribution in [2.24, 2.45) is 4.99 Å². The lowest BCUT2D eigenvalue weighted by molar-refractivity contribution is -0.140. The fourth-order valence-corrected chi connectivity index (χ4v) is 4.63. The Morgan fingerprint density at radius 2 is 2.00 bits per heavy atom. The Bertz CT molecular complexity index is 1040. The number of amides is 1. The molecule has 1 N–H and O–H groups in total. The molecule has 33 heavy (non-hydrogen) atoms. The second-order valence-electron chi connectivity index (χ2n) is 7.45. The van der Waals surface area contributed by atoms with E-state index in [1.165, 1.54) is 17.9 Å². The minimum Gasteiger partial charge on any atom is -0.463 e. The molecular weight excluding hydrogens is 479 g/mol. The number of thioether (sulfide) groups is 1. The van der Waals surface area contributed by atoms with Gasteiger partial charge in [0, 0.05) is 16.8 Å². The van der Waals surface area contributed by atoms with Crippen molar-refractivity contribution in [3.05, 3.63) is 57.2 Å². The smallest absolute Gasteiger partial charge is 0.434 e. The number of fused-ring (bicyclic) bond motifs is 1. The molecule has 0 aromatic heterocycles. The molecule has 6 nitrogen and oxygen atoms in total. The fourth-order valence-electron chi connectivity index (χ4n) is 3.47. The summed E-state index contributed by atoms with van der Waals surface area (Å²) in [6.45, 7) is 5.17. The van der Waals surface area contributed by atoms with E-state index in [4.69, 9.17) is 16.3 Å². The number of esters is 1. The van der Waals surface area contributed by atoms with Gasteiger partial charge in [0.15, 0.2) is 10.9 Å². The average Bonchev–Trinajstić information content (AvgIpc) is 3.14. The summed E-state index contributed by atoms with van der Waals surface area (Å²) in [6, 6.07) is 5.00. The Labute approximate surface area is 198 Å². The summed E-state index contributed by atoms with van der Waals surface area (Å²) in [5.74, 6) is -1.43. The number of hydrogen-bond donors (Lipinski definition) is 1. The maximum Gasteiger partial charge on any atom is 0.434 e. The van der Waals surface area contributed by atoms with Gasteiger partial charge in [0.1, 0.15) is 0 Å². The van der Waals surface area contributed by atoms with E-state index < -0.39 is 29.5 Å². The van der Waals surface area contributed by atoms with Gasteiger partial charge in [0.05, 0.1) is 24.6 Å². The molecule has 2 unspecified atom stereocenters. The zero-order valence-electron chi connectivity index (χ0n) is 18.2. The zero-order valence-corrected chi connectivity index (χ0v) is 19.8. The third-order valence-corrected chi connectivity index (χ3v) is 6.37. The molecule has 0 aliphatic carbocycles. The Kier molecular flexibility index (Phi) is 7.79. The molecule has 2 aliphatic heterocycles. The number of hydrogen-bond acceptors (Lipinski definition) is 6. The van der Waals surface area contributed by atoms with Crippen molar-refractivity contribution in [3.63, 3.8) is 0 Å². The van der Waals surface area contributed by atoms with Crippen molar-refractivity contribution in [2.75, 3.05) is 6.61 Å². The number of nitrogens with zero attached hydrogens (tertiary/aromatic N) is 2. The lowest BCUT2D eigenvalue weighted by atomic mass is 9.93. The molecule has 0 spiro atoms. The quantitative estimate of drug-likeness (QED) is 0.512. The van der Waals surface area contributed by atoms with Crippen LogP contribution in [0.5, 0.6) is 0 Å². The first-order valence-electron chi connectivity index (χ1n) is 10.3. The molecule has 0 saturated carbocycles. The number of alkyl halides is 3. The Morgan fingerprint density at radius 3 is 2.61 bits per heavy atom. The van der Waals surface area contributed by atoms with E-state index in [9.17, 15) is 22.8 Å². The van der Waals surface area contributed by atoms with E-state index in [0.717, 1.165) is 18.2 Å². The molecule has 2 atom stereocenters. The number of carbonyl (C=O) groups excluding carboxylic acids is 2. The standard InChI is InChI=1S/C22H23ClF3N3O3S/c1-4-12(3)27-16(30)10-13-11-33-21-28-19(22(24,25)26)17(20(31)32-5-2)18(29(13)21)14-8-6-7-9-15(14)23/h6-9,11-12,18H,4-5,10H2,1-3H3,(H,27,30). The molecule has 0 bridgehead atoms. The van der Waals surface area contributed by atoms with Gasteiger partial charge in [-0.05, 0) is 37.3 Å². The fraction of sp³-hybridized carbons (Fsp3) is 0.409. The largest absolute Gasteiger partial charge is 0.463 e. The molecule has 178 valence electrons. The number of carbonyl (C=O) groups is 2. The summed E-state index contributed by atoms with van der Waals surface area (Å²) in [5, 5.41) is 4.59. The summed E-state index contributed by atoms with van der Waals surface area (Å²) in [6.07, 6.45) is -4.28. The van der Waals surface area contributed by atoms with E-state index in [1.54, 1.807) is 23.6 Å². The third kappa shape index (κ3) is 5.38. The zero-order chi connectivity index (χ0) is 24.3. The van der Waals surface area contributed by atoms with Crippen LogP contribution in [0.4, 0.5) is 13.2 Å². The van der Waals surface area contributed by atoms with Crippen molar-refractivity contribution in [3.8, 4) is 0 Å². The number of allylic oxidation sites excluding steroid dienone is 1. The van der Waals surface area contributed by atoms with Gasteiger partial charge in [-0.15, -0.1) is 0 Å². The molecule has 1 amide bonds. The minimum absolute atomic E-state index is 0.00614. The van der Waals surface area contributed by atoms with Crippen LogP contribution in [0.1, 0.15) is 45.2 Å². The predicted molar refractivity (Wildman–Crippen MR) is 121 cm³/mol. The molecule has 1 aromatic carbocycles. The normalized spacial score (nSPS) is 19.0. The molecule has 2 heterocycles. The number of amidine groups is 1. The van der Waals surface area contributed by atoms with Crippen molar-refractivity contribution in [1.82, 2.24) is 10.2 Å². The van der Waals surface area contributed by atoms with Crippen LogP contribution in [0.2, 0.25) is 5.02 Å². The molecule has 0 radical (unpaired) electrons. The second kappa shape index (κ2) is 10.2. The van der Waals surface area contributed by atoms with Crippen LogP contribution >= 0.6 is 23.4 Å². The Balaban J connectivity index is 2.14. The Hall–Kier alpha value is -2.46. The highest BCUT2D eigenvalue weighted by Crippen LogP contribution is 2.49. The van der Waals surface area contributed by atoms with Gasteiger partial charge in [-0.25, -0.2) is 9.79 Å². The summed E-state index contributed by atoms with van der Waals surface area (Å²) in [7, 11) is 0. The monoisotopic (exact) mass is 501 g/mol. The molecule has 0 fully saturated rings. The SMILES string of the molecule is CCOC(=O)C1=C(C(F)(F)F)N=C2SC=C(CC(=O)NC(C)CC)N2C1c1ccccc1Cl. The lowest BCUT2D eigenvalue weighted by Crippen LogP contribution is -2.40. The molecule has 0 saturated heterocycles.